The van der Waals surface area contributed by atoms with E-state index in [0.717, 1.165) is 54.8 Å². The molecule has 9 rings (SSSR count). The molecule has 0 unspecified atom stereocenters. The minimum atomic E-state index is 0.513. The van der Waals surface area contributed by atoms with E-state index in [4.69, 9.17) is 24.4 Å². The molecule has 3 heterocycles. The van der Waals surface area contributed by atoms with Crippen molar-refractivity contribution in [2.75, 3.05) is 0 Å². The molecule has 0 saturated heterocycles. The molecule has 9 aromatic rings. The molecule has 44 heavy (non-hydrogen) atoms. The Labute approximate surface area is 251 Å². The third-order valence-corrected chi connectivity index (χ3v) is 8.08. The van der Waals surface area contributed by atoms with Crippen LogP contribution in [0.2, 0.25) is 0 Å². The monoisotopic (exact) mass is 565 g/mol. The van der Waals surface area contributed by atoms with E-state index in [1.54, 1.807) is 0 Å². The number of fused-ring (bicyclic) bond motifs is 7. The number of nitrogens with zero attached hydrogens (tertiary/aromatic N) is 5. The zero-order valence-electron chi connectivity index (χ0n) is 23.4. The van der Waals surface area contributed by atoms with Crippen LogP contribution in [0.4, 0.5) is 0 Å². The second kappa shape index (κ2) is 9.71. The standard InChI is InChI=1S/C38H23N5O/c1-4-13-25(14-5-1)35-40-36(26-15-6-2-7-16-26)42-38(41-35)43-32-28-19-11-10-12-24(28)20-21-29(32)30-22-23-31-34(33(30)43)44-37(39-31)27-17-8-3-9-18-27/h1-23H. The normalized spacial score (nSPS) is 11.6. The van der Waals surface area contributed by atoms with Crippen LogP contribution in [-0.2, 0) is 0 Å². The highest BCUT2D eigenvalue weighted by molar-refractivity contribution is 6.22. The van der Waals surface area contributed by atoms with Crippen LogP contribution in [-0.4, -0.2) is 24.5 Å². The molecule has 3 aromatic heterocycles. The van der Waals surface area contributed by atoms with Crippen LogP contribution in [0, 0.1) is 0 Å². The lowest BCUT2D eigenvalue weighted by Crippen LogP contribution is -2.06. The van der Waals surface area contributed by atoms with Gasteiger partial charge in [0.1, 0.15) is 11.0 Å². The van der Waals surface area contributed by atoms with E-state index in [9.17, 15) is 0 Å². The summed E-state index contributed by atoms with van der Waals surface area (Å²) in [5.74, 6) is 2.28. The molecule has 0 bridgehead atoms. The number of aromatic nitrogens is 5. The first-order valence-electron chi connectivity index (χ1n) is 14.5. The van der Waals surface area contributed by atoms with Gasteiger partial charge >= 0.3 is 0 Å². The molecule has 0 N–H and O–H groups in total. The van der Waals surface area contributed by atoms with Gasteiger partial charge < -0.3 is 4.42 Å². The third kappa shape index (κ3) is 3.82. The summed E-state index contributed by atoms with van der Waals surface area (Å²) in [6.45, 7) is 0. The summed E-state index contributed by atoms with van der Waals surface area (Å²) in [5, 5.41) is 4.35. The Morgan fingerprint density at radius 3 is 1.68 bits per heavy atom. The molecule has 0 radical (unpaired) electrons. The van der Waals surface area contributed by atoms with Crippen LogP contribution in [0.15, 0.2) is 144 Å². The van der Waals surface area contributed by atoms with E-state index in [2.05, 4.69) is 47.0 Å². The molecule has 0 aliphatic rings. The van der Waals surface area contributed by atoms with Crippen molar-refractivity contribution in [3.63, 3.8) is 0 Å². The smallest absolute Gasteiger partial charge is 0.238 e. The second-order valence-corrected chi connectivity index (χ2v) is 10.7. The van der Waals surface area contributed by atoms with E-state index in [1.807, 2.05) is 97.1 Å². The Hall–Kier alpha value is -6.14. The van der Waals surface area contributed by atoms with E-state index >= 15 is 0 Å². The topological polar surface area (TPSA) is 69.6 Å². The summed E-state index contributed by atoms with van der Waals surface area (Å²) in [6.07, 6.45) is 0. The highest BCUT2D eigenvalue weighted by Crippen LogP contribution is 2.40. The van der Waals surface area contributed by atoms with Crippen molar-refractivity contribution in [3.8, 4) is 40.2 Å². The number of benzene rings is 6. The second-order valence-electron chi connectivity index (χ2n) is 10.7. The van der Waals surface area contributed by atoms with Crippen LogP contribution in [0.1, 0.15) is 0 Å². The van der Waals surface area contributed by atoms with Crippen molar-refractivity contribution >= 4 is 43.7 Å². The molecule has 6 nitrogen and oxygen atoms in total. The molecular weight excluding hydrogens is 542 g/mol. The third-order valence-electron chi connectivity index (χ3n) is 8.08. The van der Waals surface area contributed by atoms with Gasteiger partial charge in [0.15, 0.2) is 17.2 Å². The Morgan fingerprint density at radius 1 is 0.432 bits per heavy atom. The fourth-order valence-electron chi connectivity index (χ4n) is 6.04. The summed E-state index contributed by atoms with van der Waals surface area (Å²) in [7, 11) is 0. The molecule has 0 spiro atoms. The van der Waals surface area contributed by atoms with Gasteiger partial charge in [-0.15, -0.1) is 0 Å². The molecule has 6 aromatic carbocycles. The predicted molar refractivity (Wildman–Crippen MR) is 176 cm³/mol. The van der Waals surface area contributed by atoms with Crippen molar-refractivity contribution in [1.82, 2.24) is 24.5 Å². The largest absolute Gasteiger partial charge is 0.434 e. The van der Waals surface area contributed by atoms with Gasteiger partial charge in [-0.1, -0.05) is 115 Å². The van der Waals surface area contributed by atoms with Gasteiger partial charge in [0.25, 0.3) is 0 Å². The van der Waals surface area contributed by atoms with Gasteiger partial charge in [0.05, 0.1) is 5.52 Å². The first kappa shape index (κ1) is 24.5. The van der Waals surface area contributed by atoms with Crippen molar-refractivity contribution in [2.45, 2.75) is 0 Å². The minimum absolute atomic E-state index is 0.513. The highest BCUT2D eigenvalue weighted by Gasteiger charge is 2.23. The van der Waals surface area contributed by atoms with Gasteiger partial charge in [-0.25, -0.2) is 9.97 Å². The Kier molecular flexibility index (Phi) is 5.40. The minimum Gasteiger partial charge on any atom is -0.434 e. The molecule has 206 valence electrons. The summed E-state index contributed by atoms with van der Waals surface area (Å²) in [4.78, 5) is 20.1. The maximum absolute atomic E-state index is 6.60. The molecule has 0 atom stereocenters. The van der Waals surface area contributed by atoms with Crippen LogP contribution in [0.25, 0.3) is 83.9 Å². The fraction of sp³-hybridized carbons (Fsp3) is 0. The highest BCUT2D eigenvalue weighted by atomic mass is 16.3. The van der Waals surface area contributed by atoms with Crippen LogP contribution < -0.4 is 0 Å². The number of oxazole rings is 1. The lowest BCUT2D eigenvalue weighted by Gasteiger charge is -2.12. The van der Waals surface area contributed by atoms with Gasteiger partial charge in [-0.2, -0.15) is 9.97 Å². The lowest BCUT2D eigenvalue weighted by molar-refractivity contribution is 0.621. The molecule has 0 amide bonds. The number of hydrogen-bond donors (Lipinski definition) is 0. The first-order chi connectivity index (χ1) is 21.8. The van der Waals surface area contributed by atoms with Crippen LogP contribution >= 0.6 is 0 Å². The molecule has 0 aliphatic heterocycles. The lowest BCUT2D eigenvalue weighted by atomic mass is 10.1. The van der Waals surface area contributed by atoms with Crippen molar-refractivity contribution in [3.05, 3.63) is 140 Å². The average Bonchev–Trinajstić information content (AvgIpc) is 3.69. The summed E-state index contributed by atoms with van der Waals surface area (Å²) < 4.78 is 8.73. The van der Waals surface area contributed by atoms with E-state index in [-0.39, 0.29) is 0 Å². The fourth-order valence-corrected chi connectivity index (χ4v) is 6.04. The maximum Gasteiger partial charge on any atom is 0.238 e. The van der Waals surface area contributed by atoms with Gasteiger partial charge in [-0.3, -0.25) is 4.57 Å². The van der Waals surface area contributed by atoms with E-state index in [1.165, 1.54) is 0 Å². The molecule has 6 heteroatoms. The maximum atomic E-state index is 6.60. The SMILES string of the molecule is c1ccc(-c2nc(-c3ccccc3)nc(-n3c4c5ccccc5ccc4c4ccc5nc(-c6ccccc6)oc5c43)n2)cc1. The molecule has 0 fully saturated rings. The first-order valence-corrected chi connectivity index (χ1v) is 14.5. The van der Waals surface area contributed by atoms with E-state index in [0.29, 0.717) is 29.1 Å². The summed E-state index contributed by atoms with van der Waals surface area (Å²) >= 11 is 0. The average molecular weight is 566 g/mol. The summed E-state index contributed by atoms with van der Waals surface area (Å²) in [6, 6.07) is 47.0. The van der Waals surface area contributed by atoms with Crippen molar-refractivity contribution in [2.24, 2.45) is 0 Å². The Balaban J connectivity index is 1.44. The van der Waals surface area contributed by atoms with Gasteiger partial charge in [-0.05, 0) is 29.7 Å². The van der Waals surface area contributed by atoms with Crippen LogP contribution in [0.5, 0.6) is 0 Å². The van der Waals surface area contributed by atoms with E-state index < -0.39 is 0 Å². The van der Waals surface area contributed by atoms with Crippen molar-refractivity contribution < 1.29 is 4.42 Å². The predicted octanol–water partition coefficient (Wildman–Crippen LogP) is 9.26. The molecule has 0 saturated carbocycles. The van der Waals surface area contributed by atoms with Gasteiger partial charge in [0, 0.05) is 32.8 Å². The number of rotatable bonds is 4. The molecular formula is C38H23N5O. The summed E-state index contributed by atoms with van der Waals surface area (Å²) in [5.41, 5.74) is 6.07. The Morgan fingerprint density at radius 2 is 1.00 bits per heavy atom. The quantitative estimate of drug-likeness (QED) is 0.213. The number of hydrogen-bond acceptors (Lipinski definition) is 5. The van der Waals surface area contributed by atoms with Crippen LogP contribution in [0.3, 0.4) is 0 Å². The zero-order valence-corrected chi connectivity index (χ0v) is 23.4. The van der Waals surface area contributed by atoms with Gasteiger partial charge in [0.2, 0.25) is 11.8 Å². The van der Waals surface area contributed by atoms with Crippen molar-refractivity contribution in [1.29, 1.82) is 0 Å². The zero-order chi connectivity index (χ0) is 29.0. The molecule has 0 aliphatic carbocycles. The Bertz CT molecular complexity index is 2430.